The number of pyridine rings is 1. The summed E-state index contributed by atoms with van der Waals surface area (Å²) in [5.41, 5.74) is 5.81. The maximum Gasteiger partial charge on any atom is 0.356 e. The minimum Gasteiger partial charge on any atom is -0.489 e. The quantitative estimate of drug-likeness (QED) is 0.558. The fraction of sp³-hybridized carbons (Fsp3) is 0.294. The molecule has 2 atom stereocenters. The highest BCUT2D eigenvalue weighted by atomic mass is 16.5. The minimum atomic E-state index is -1.30. The average molecular weight is 356 g/mol. The van der Waals surface area contributed by atoms with E-state index in [1.54, 1.807) is 24.4 Å². The molecule has 1 aromatic heterocycles. The van der Waals surface area contributed by atoms with Crippen LogP contribution in [0.2, 0.25) is 0 Å². The summed E-state index contributed by atoms with van der Waals surface area (Å²) in [6.07, 6.45) is 3.42. The van der Waals surface area contributed by atoms with E-state index < -0.39 is 24.0 Å². The van der Waals surface area contributed by atoms with Crippen molar-refractivity contribution >= 4 is 23.6 Å². The van der Waals surface area contributed by atoms with Crippen molar-refractivity contribution < 1.29 is 24.2 Å². The van der Waals surface area contributed by atoms with Crippen LogP contribution in [0, 0.1) is 0 Å². The van der Waals surface area contributed by atoms with Gasteiger partial charge in [-0.05, 0) is 24.6 Å². The van der Waals surface area contributed by atoms with Gasteiger partial charge in [-0.1, -0.05) is 6.07 Å². The molecular formula is C17H16N4O5. The van der Waals surface area contributed by atoms with Gasteiger partial charge in [0.1, 0.15) is 18.5 Å². The first kappa shape index (κ1) is 16.3. The predicted octanol–water partition coefficient (Wildman–Crippen LogP) is -0.391. The van der Waals surface area contributed by atoms with Gasteiger partial charge in [0, 0.05) is 18.3 Å². The van der Waals surface area contributed by atoms with Gasteiger partial charge in [-0.3, -0.25) is 19.4 Å². The number of nitrogens with two attached hydrogens (primary N) is 1. The number of carbonyl (C=O) groups excluding carboxylic acids is 2. The van der Waals surface area contributed by atoms with Crippen LogP contribution in [-0.4, -0.2) is 58.0 Å². The molecule has 0 saturated carbocycles. The topological polar surface area (TPSA) is 126 Å². The van der Waals surface area contributed by atoms with Gasteiger partial charge in [-0.25, -0.2) is 9.78 Å². The minimum absolute atomic E-state index is 0.000205. The van der Waals surface area contributed by atoms with E-state index in [2.05, 4.69) is 4.98 Å². The van der Waals surface area contributed by atoms with Crippen LogP contribution in [0.5, 0.6) is 0 Å². The second kappa shape index (κ2) is 5.95. The number of carbonyl (C=O) groups is 3. The van der Waals surface area contributed by atoms with Crippen molar-refractivity contribution in [3.8, 4) is 0 Å². The highest BCUT2D eigenvalue weighted by Crippen LogP contribution is 2.33. The summed E-state index contributed by atoms with van der Waals surface area (Å²) in [6.45, 7) is 0.536. The monoisotopic (exact) mass is 356 g/mol. The molecule has 9 heteroatoms. The number of carboxylic acid groups (broad SMARTS) is 1. The Morgan fingerprint density at radius 1 is 1.38 bits per heavy atom. The Hall–Kier alpha value is -3.20. The molecule has 0 unspecified atom stereocenters. The van der Waals surface area contributed by atoms with E-state index >= 15 is 0 Å². The number of β-lactam (4-membered cyclic amide) rings is 1. The van der Waals surface area contributed by atoms with E-state index in [4.69, 9.17) is 10.5 Å². The Bertz CT molecular complexity index is 863. The molecule has 26 heavy (non-hydrogen) atoms. The largest absolute Gasteiger partial charge is 0.489 e. The van der Waals surface area contributed by atoms with Gasteiger partial charge in [-0.2, -0.15) is 0 Å². The molecule has 3 aliphatic heterocycles. The smallest absolute Gasteiger partial charge is 0.356 e. The maximum atomic E-state index is 12.6. The second-order valence-electron chi connectivity index (χ2n) is 6.19. The van der Waals surface area contributed by atoms with Gasteiger partial charge in [0.15, 0.2) is 11.5 Å². The average Bonchev–Trinajstić information content (AvgIpc) is 3.01. The number of rotatable bonds is 3. The Kier molecular flexibility index (Phi) is 3.73. The van der Waals surface area contributed by atoms with Crippen LogP contribution in [0.15, 0.2) is 47.5 Å². The molecule has 3 N–H and O–H groups in total. The molecular weight excluding hydrogens is 340 g/mol. The normalized spacial score (nSPS) is 26.7. The molecule has 9 nitrogen and oxygen atoms in total. The fourth-order valence-electron chi connectivity index (χ4n) is 3.34. The van der Waals surface area contributed by atoms with E-state index in [0.29, 0.717) is 24.4 Å². The summed E-state index contributed by atoms with van der Waals surface area (Å²) in [5, 5.41) is 9.50. The van der Waals surface area contributed by atoms with Gasteiger partial charge >= 0.3 is 5.97 Å². The molecule has 134 valence electrons. The van der Waals surface area contributed by atoms with Crippen LogP contribution in [0.4, 0.5) is 5.82 Å². The first-order valence-electron chi connectivity index (χ1n) is 8.11. The summed E-state index contributed by atoms with van der Waals surface area (Å²) in [7, 11) is 0. The van der Waals surface area contributed by atoms with Crippen molar-refractivity contribution in [1.82, 2.24) is 9.88 Å². The van der Waals surface area contributed by atoms with Crippen LogP contribution >= 0.6 is 0 Å². The van der Waals surface area contributed by atoms with Crippen molar-refractivity contribution in [2.24, 2.45) is 5.73 Å². The number of allylic oxidation sites excluding steroid dienone is 1. The predicted molar refractivity (Wildman–Crippen MR) is 88.5 cm³/mol. The molecule has 1 aromatic rings. The lowest BCUT2D eigenvalue weighted by molar-refractivity contribution is -0.156. The van der Waals surface area contributed by atoms with Crippen LogP contribution < -0.4 is 10.6 Å². The van der Waals surface area contributed by atoms with Crippen molar-refractivity contribution in [3.05, 3.63) is 47.5 Å². The highest BCUT2D eigenvalue weighted by Gasteiger charge is 2.52. The van der Waals surface area contributed by atoms with Crippen molar-refractivity contribution in [1.29, 1.82) is 0 Å². The van der Waals surface area contributed by atoms with Gasteiger partial charge in [-0.15, -0.1) is 0 Å². The maximum absolute atomic E-state index is 12.6. The number of hydrogen-bond acceptors (Lipinski definition) is 6. The molecule has 0 spiro atoms. The molecule has 0 aromatic carbocycles. The number of aliphatic carboxylic acids is 1. The van der Waals surface area contributed by atoms with Crippen molar-refractivity contribution in [2.45, 2.75) is 18.5 Å². The third-order valence-corrected chi connectivity index (χ3v) is 4.71. The number of anilines is 1. The van der Waals surface area contributed by atoms with E-state index in [9.17, 15) is 19.5 Å². The number of ether oxygens (including phenoxy) is 1. The summed E-state index contributed by atoms with van der Waals surface area (Å²) in [5.74, 6) is -1.49. The standard InChI is InChI=1S/C17H16N4O5/c18-13-10-8-26-11(14(17(24)25)21(10)16(13)23)7-9-4-6-20(15(9)22)12-3-1-2-5-19-12/h1-3,5,7,10,13H,4,6,8,18H2,(H,24,25)/b9-7+/t10-,13+/m1/s1. The first-order chi connectivity index (χ1) is 12.5. The number of carboxylic acids is 1. The van der Waals surface area contributed by atoms with Gasteiger partial charge in [0.25, 0.3) is 5.91 Å². The molecule has 0 bridgehead atoms. The molecule has 2 fully saturated rings. The lowest BCUT2D eigenvalue weighted by atomic mass is 9.93. The molecule has 0 aliphatic carbocycles. The SMILES string of the molecule is N[C@@H]1C(=O)N2C(C(=O)O)=C(/C=C3\CCN(c4ccccn4)C3=O)OC[C@H]12. The molecule has 4 heterocycles. The zero-order chi connectivity index (χ0) is 18.4. The van der Waals surface area contributed by atoms with Crippen LogP contribution in [0.3, 0.4) is 0 Å². The number of amides is 2. The van der Waals surface area contributed by atoms with E-state index in [1.165, 1.54) is 11.0 Å². The lowest BCUT2D eigenvalue weighted by Crippen LogP contribution is -2.71. The van der Waals surface area contributed by atoms with Gasteiger partial charge in [0.05, 0.1) is 6.04 Å². The molecule has 0 radical (unpaired) electrons. The lowest BCUT2D eigenvalue weighted by Gasteiger charge is -2.47. The third kappa shape index (κ3) is 2.36. The van der Waals surface area contributed by atoms with E-state index in [-0.39, 0.29) is 24.0 Å². The summed E-state index contributed by atoms with van der Waals surface area (Å²) < 4.78 is 5.52. The van der Waals surface area contributed by atoms with Crippen LogP contribution in [-0.2, 0) is 19.1 Å². The molecule has 2 saturated heterocycles. The highest BCUT2D eigenvalue weighted by molar-refractivity contribution is 6.08. The number of nitrogens with zero attached hydrogens (tertiary/aromatic N) is 3. The van der Waals surface area contributed by atoms with Crippen LogP contribution in [0.25, 0.3) is 0 Å². The van der Waals surface area contributed by atoms with Gasteiger partial charge < -0.3 is 15.6 Å². The Morgan fingerprint density at radius 2 is 2.19 bits per heavy atom. The second-order valence-corrected chi connectivity index (χ2v) is 6.19. The first-order valence-corrected chi connectivity index (χ1v) is 8.11. The fourth-order valence-corrected chi connectivity index (χ4v) is 3.34. The number of aromatic nitrogens is 1. The molecule has 2 amide bonds. The Morgan fingerprint density at radius 3 is 2.88 bits per heavy atom. The zero-order valence-corrected chi connectivity index (χ0v) is 13.7. The summed E-state index contributed by atoms with van der Waals surface area (Å²) >= 11 is 0. The summed E-state index contributed by atoms with van der Waals surface area (Å²) in [6, 6.07) is 4.02. The van der Waals surface area contributed by atoms with Gasteiger partial charge in [0.2, 0.25) is 5.91 Å². The van der Waals surface area contributed by atoms with E-state index in [1.807, 2.05) is 0 Å². The Balaban J connectivity index is 1.66. The zero-order valence-electron chi connectivity index (χ0n) is 13.7. The third-order valence-electron chi connectivity index (χ3n) is 4.71. The van der Waals surface area contributed by atoms with E-state index in [0.717, 1.165) is 4.90 Å². The Labute approximate surface area is 148 Å². The summed E-state index contributed by atoms with van der Waals surface area (Å²) in [4.78, 5) is 43.0. The van der Waals surface area contributed by atoms with Crippen LogP contribution in [0.1, 0.15) is 6.42 Å². The number of hydrogen-bond donors (Lipinski definition) is 2. The van der Waals surface area contributed by atoms with Crippen molar-refractivity contribution in [3.63, 3.8) is 0 Å². The van der Waals surface area contributed by atoms with Crippen molar-refractivity contribution in [2.75, 3.05) is 18.1 Å². The molecule has 3 aliphatic rings. The number of fused-ring (bicyclic) bond motifs is 1. The molecule has 4 rings (SSSR count).